The van der Waals surface area contributed by atoms with Crippen LogP contribution < -0.4 is 0 Å². The Morgan fingerprint density at radius 1 is 0.365 bits per heavy atom. The molecular formula is C57H96O6. The lowest BCUT2D eigenvalue weighted by Gasteiger charge is -2.32. The zero-order valence-electron chi connectivity index (χ0n) is 40.8. The van der Waals surface area contributed by atoms with Gasteiger partial charge in [0.25, 0.3) is 0 Å². The van der Waals surface area contributed by atoms with Gasteiger partial charge in [-0.05, 0) is 122 Å². The van der Waals surface area contributed by atoms with Crippen molar-refractivity contribution in [1.82, 2.24) is 0 Å². The number of unbranched alkanes of at least 4 members (excludes halogenated alkanes) is 21. The fourth-order valence-electron chi connectivity index (χ4n) is 7.46. The number of aliphatic hydroxyl groups is 3. The Bertz CT molecular complexity index is 1300. The molecule has 360 valence electrons. The smallest absolute Gasteiger partial charge is 0.210 e. The third-order valence-electron chi connectivity index (χ3n) is 11.7. The highest BCUT2D eigenvalue weighted by Gasteiger charge is 2.52. The van der Waals surface area contributed by atoms with Gasteiger partial charge in [0.05, 0.1) is 0 Å². The number of Topliss-reactive ketones (excluding diaryl/α,β-unsaturated/α-hetero) is 3. The summed E-state index contributed by atoms with van der Waals surface area (Å²) in [5.41, 5.74) is -2.81. The van der Waals surface area contributed by atoms with E-state index in [4.69, 9.17) is 0 Å². The SMILES string of the molecule is CCCCC/C=C\C/C=C\C/C=C\CCCCC(=O)C(O)(C(=O)CCCCCCC/C=C\C/C=C\CCCCC)C(O)C(O)C(=O)CCCCCCC/C=C\C/C=C\CCCCC. The maximum atomic E-state index is 13.6. The summed E-state index contributed by atoms with van der Waals surface area (Å²) in [6.45, 7) is 6.65. The van der Waals surface area contributed by atoms with Crippen molar-refractivity contribution in [3.05, 3.63) is 85.1 Å². The van der Waals surface area contributed by atoms with E-state index in [0.717, 1.165) is 116 Å². The highest BCUT2D eigenvalue weighted by atomic mass is 16.4. The molecule has 0 aromatic carbocycles. The van der Waals surface area contributed by atoms with Gasteiger partial charge in [-0.2, -0.15) is 0 Å². The number of hydrogen-bond acceptors (Lipinski definition) is 6. The number of rotatable bonds is 46. The second kappa shape index (κ2) is 45.6. The highest BCUT2D eigenvalue weighted by molar-refractivity contribution is 6.11. The second-order valence-electron chi connectivity index (χ2n) is 17.6. The van der Waals surface area contributed by atoms with Crippen LogP contribution in [0.25, 0.3) is 0 Å². The average Bonchev–Trinajstić information content (AvgIpc) is 3.29. The monoisotopic (exact) mass is 877 g/mol. The molecule has 0 bridgehead atoms. The summed E-state index contributed by atoms with van der Waals surface area (Å²) >= 11 is 0. The molecule has 0 radical (unpaired) electrons. The van der Waals surface area contributed by atoms with Crippen LogP contribution in [0.15, 0.2) is 85.1 Å². The summed E-state index contributed by atoms with van der Waals surface area (Å²) in [5.74, 6) is -2.27. The Balaban J connectivity index is 4.96. The van der Waals surface area contributed by atoms with E-state index in [-0.39, 0.29) is 19.3 Å². The predicted octanol–water partition coefficient (Wildman–Crippen LogP) is 15.4. The number of ketones is 3. The third kappa shape index (κ3) is 35.1. The van der Waals surface area contributed by atoms with Gasteiger partial charge in [0.1, 0.15) is 12.2 Å². The van der Waals surface area contributed by atoms with Crippen molar-refractivity contribution < 1.29 is 29.7 Å². The molecule has 0 saturated heterocycles. The van der Waals surface area contributed by atoms with E-state index in [0.29, 0.717) is 25.7 Å². The van der Waals surface area contributed by atoms with Crippen molar-refractivity contribution in [2.24, 2.45) is 0 Å². The predicted molar refractivity (Wildman–Crippen MR) is 270 cm³/mol. The van der Waals surface area contributed by atoms with Crippen LogP contribution in [-0.2, 0) is 14.4 Å². The van der Waals surface area contributed by atoms with Crippen LogP contribution in [0.4, 0.5) is 0 Å². The minimum atomic E-state index is -2.81. The van der Waals surface area contributed by atoms with Gasteiger partial charge in [-0.3, -0.25) is 14.4 Å². The van der Waals surface area contributed by atoms with Gasteiger partial charge >= 0.3 is 0 Å². The first-order chi connectivity index (χ1) is 30.8. The molecular weight excluding hydrogens is 781 g/mol. The standard InChI is InChI=1S/C57H96O6/c1-4-7-10-13-16-19-22-25-28-31-34-37-40-43-46-49-52(58)55(61)56(62)57(63,53(59)50-47-44-41-38-35-32-29-26-23-20-17-14-11-8-5-2)54(60)51-48-45-42-39-36-33-30-27-24-21-18-15-12-9-6-3/h16-21,25-30,35,38,55-56,61-63H,4-15,22-24,31-34,36-37,39-51H2,1-3H3/b19-16-,20-17-,21-18-,28-25-,29-26-,30-27-,38-35-. The van der Waals surface area contributed by atoms with Crippen molar-refractivity contribution in [2.75, 3.05) is 0 Å². The lowest BCUT2D eigenvalue weighted by atomic mass is 9.79. The maximum Gasteiger partial charge on any atom is 0.210 e. The van der Waals surface area contributed by atoms with Gasteiger partial charge in [-0.1, -0.05) is 183 Å². The molecule has 0 spiro atoms. The van der Waals surface area contributed by atoms with Gasteiger partial charge in [0.15, 0.2) is 17.3 Å². The molecule has 6 nitrogen and oxygen atoms in total. The first-order valence-corrected chi connectivity index (χ1v) is 26.0. The quantitative estimate of drug-likeness (QED) is 0.0319. The first-order valence-electron chi connectivity index (χ1n) is 26.0. The van der Waals surface area contributed by atoms with E-state index in [1.165, 1.54) is 57.8 Å². The Labute approximate surface area is 387 Å². The zero-order valence-corrected chi connectivity index (χ0v) is 40.8. The molecule has 0 fully saturated rings. The summed E-state index contributed by atoms with van der Waals surface area (Å²) in [4.78, 5) is 40.2. The number of aliphatic hydroxyl groups excluding tert-OH is 2. The van der Waals surface area contributed by atoms with Crippen LogP contribution in [0.1, 0.15) is 239 Å². The van der Waals surface area contributed by atoms with E-state index >= 15 is 0 Å². The lowest BCUT2D eigenvalue weighted by Crippen LogP contribution is -2.61. The molecule has 3 atom stereocenters. The van der Waals surface area contributed by atoms with E-state index in [1.807, 2.05) is 0 Å². The largest absolute Gasteiger partial charge is 0.386 e. The highest BCUT2D eigenvalue weighted by Crippen LogP contribution is 2.25. The van der Waals surface area contributed by atoms with Crippen molar-refractivity contribution >= 4 is 17.3 Å². The van der Waals surface area contributed by atoms with E-state index in [1.54, 1.807) is 0 Å². The Kier molecular flexibility index (Phi) is 43.5. The van der Waals surface area contributed by atoms with Crippen molar-refractivity contribution in [1.29, 1.82) is 0 Å². The molecule has 0 aromatic rings. The average molecular weight is 877 g/mol. The molecule has 3 unspecified atom stereocenters. The molecule has 0 rings (SSSR count). The summed E-state index contributed by atoms with van der Waals surface area (Å²) in [6.07, 6.45) is 57.3. The van der Waals surface area contributed by atoms with Crippen LogP contribution in [0.2, 0.25) is 0 Å². The van der Waals surface area contributed by atoms with E-state index < -0.39 is 35.2 Å². The summed E-state index contributed by atoms with van der Waals surface area (Å²) in [7, 11) is 0. The molecule has 63 heavy (non-hydrogen) atoms. The van der Waals surface area contributed by atoms with Crippen LogP contribution in [-0.4, -0.2) is 50.5 Å². The molecule has 0 heterocycles. The third-order valence-corrected chi connectivity index (χ3v) is 11.7. The Morgan fingerprint density at radius 3 is 0.968 bits per heavy atom. The number of carbonyl (C=O) groups excluding carboxylic acids is 3. The second-order valence-corrected chi connectivity index (χ2v) is 17.6. The van der Waals surface area contributed by atoms with Crippen LogP contribution in [0, 0.1) is 0 Å². The number of allylic oxidation sites excluding steroid dienone is 14. The minimum Gasteiger partial charge on any atom is -0.386 e. The van der Waals surface area contributed by atoms with Crippen molar-refractivity contribution in [3.8, 4) is 0 Å². The molecule has 0 aliphatic carbocycles. The van der Waals surface area contributed by atoms with Gasteiger partial charge in [-0.25, -0.2) is 0 Å². The van der Waals surface area contributed by atoms with E-state index in [2.05, 4.69) is 106 Å². The van der Waals surface area contributed by atoms with Crippen molar-refractivity contribution in [2.45, 2.75) is 257 Å². The van der Waals surface area contributed by atoms with Crippen LogP contribution in [0.5, 0.6) is 0 Å². The van der Waals surface area contributed by atoms with Gasteiger partial charge in [-0.15, -0.1) is 0 Å². The van der Waals surface area contributed by atoms with Gasteiger partial charge in [0.2, 0.25) is 5.60 Å². The molecule has 6 heteroatoms. The van der Waals surface area contributed by atoms with Gasteiger partial charge < -0.3 is 15.3 Å². The maximum absolute atomic E-state index is 13.6. The van der Waals surface area contributed by atoms with Crippen LogP contribution in [0.3, 0.4) is 0 Å². The van der Waals surface area contributed by atoms with E-state index in [9.17, 15) is 29.7 Å². The topological polar surface area (TPSA) is 112 Å². The molecule has 0 aliphatic rings. The fraction of sp³-hybridized carbons (Fsp3) is 0.702. The minimum absolute atomic E-state index is 0.0173. The summed E-state index contributed by atoms with van der Waals surface area (Å²) < 4.78 is 0. The molecule has 0 aliphatic heterocycles. The first kappa shape index (κ1) is 60.1. The summed E-state index contributed by atoms with van der Waals surface area (Å²) in [5, 5.41) is 33.8. The Morgan fingerprint density at radius 2 is 0.619 bits per heavy atom. The normalized spacial score (nSPS) is 14.5. The van der Waals surface area contributed by atoms with Crippen LogP contribution >= 0.6 is 0 Å². The molecule has 0 aromatic heterocycles. The molecule has 0 amide bonds. The van der Waals surface area contributed by atoms with Crippen molar-refractivity contribution in [3.63, 3.8) is 0 Å². The molecule has 0 saturated carbocycles. The number of hydrogen-bond donors (Lipinski definition) is 3. The summed E-state index contributed by atoms with van der Waals surface area (Å²) in [6, 6.07) is 0. The fourth-order valence-corrected chi connectivity index (χ4v) is 7.46. The Hall–Kier alpha value is -2.93. The number of carbonyl (C=O) groups is 3. The van der Waals surface area contributed by atoms with Gasteiger partial charge in [0, 0.05) is 19.3 Å². The lowest BCUT2D eigenvalue weighted by molar-refractivity contribution is -0.174. The molecule has 3 N–H and O–H groups in total. The zero-order chi connectivity index (χ0) is 46.3.